The normalized spacial score (nSPS) is 19.9. The molecule has 1 aliphatic carbocycles. The van der Waals surface area contributed by atoms with Gasteiger partial charge in [-0.2, -0.15) is 13.2 Å². The van der Waals surface area contributed by atoms with Crippen molar-refractivity contribution in [2.75, 3.05) is 0 Å². The summed E-state index contributed by atoms with van der Waals surface area (Å²) in [5.41, 5.74) is 5.49. The van der Waals surface area contributed by atoms with E-state index < -0.39 is 17.3 Å². The number of rotatable bonds is 1. The lowest BCUT2D eigenvalue weighted by atomic mass is 9.77. The van der Waals surface area contributed by atoms with Gasteiger partial charge in [-0.15, -0.1) is 0 Å². The van der Waals surface area contributed by atoms with E-state index in [1.807, 2.05) is 0 Å². The minimum Gasteiger partial charge on any atom is -0.321 e. The molecule has 2 nitrogen and oxygen atoms in total. The first-order valence-corrected chi connectivity index (χ1v) is 5.80. The summed E-state index contributed by atoms with van der Waals surface area (Å²) in [7, 11) is 0. The summed E-state index contributed by atoms with van der Waals surface area (Å²) < 4.78 is 37.3. The summed E-state index contributed by atoms with van der Waals surface area (Å²) in [5.74, 6) is 0.169. The van der Waals surface area contributed by atoms with Gasteiger partial charge in [-0.1, -0.05) is 12.1 Å². The van der Waals surface area contributed by atoms with Gasteiger partial charge in [-0.25, -0.2) is 0 Å². The zero-order chi connectivity index (χ0) is 13.4. The second-order valence-corrected chi connectivity index (χ2v) is 4.77. The van der Waals surface area contributed by atoms with Gasteiger partial charge in [0.05, 0.1) is 5.56 Å². The molecule has 2 N–H and O–H groups in total. The second kappa shape index (κ2) is 4.39. The molecule has 1 aromatic carbocycles. The molecular weight excluding hydrogens is 243 g/mol. The Morgan fingerprint density at radius 2 is 1.56 bits per heavy atom. The summed E-state index contributed by atoms with van der Waals surface area (Å²) in [4.78, 5) is 11.2. The zero-order valence-electron chi connectivity index (χ0n) is 9.76. The average Bonchev–Trinajstić information content (AvgIpc) is 2.32. The molecule has 0 heterocycles. The van der Waals surface area contributed by atoms with E-state index in [1.165, 1.54) is 12.1 Å². The van der Waals surface area contributed by atoms with Crippen LogP contribution in [0, 0.1) is 0 Å². The van der Waals surface area contributed by atoms with Gasteiger partial charge in [0.1, 0.15) is 5.78 Å². The SMILES string of the molecule is NC1(c2ccc(C(F)(F)F)cc2)CCC(=O)CC1. The highest BCUT2D eigenvalue weighted by atomic mass is 19.4. The van der Waals surface area contributed by atoms with Crippen LogP contribution in [-0.2, 0) is 16.5 Å². The first-order chi connectivity index (χ1) is 8.31. The maximum Gasteiger partial charge on any atom is 0.416 e. The zero-order valence-corrected chi connectivity index (χ0v) is 9.76. The molecule has 1 saturated carbocycles. The first kappa shape index (κ1) is 13.1. The van der Waals surface area contributed by atoms with Gasteiger partial charge in [0.25, 0.3) is 0 Å². The lowest BCUT2D eigenvalue weighted by Gasteiger charge is -2.33. The highest BCUT2D eigenvalue weighted by Crippen LogP contribution is 2.35. The van der Waals surface area contributed by atoms with Crippen LogP contribution in [0.15, 0.2) is 24.3 Å². The summed E-state index contributed by atoms with van der Waals surface area (Å²) in [6, 6.07) is 4.91. The maximum atomic E-state index is 12.4. The van der Waals surface area contributed by atoms with Crippen LogP contribution < -0.4 is 5.73 Å². The maximum absolute atomic E-state index is 12.4. The predicted octanol–water partition coefficient (Wildman–Crippen LogP) is 3.00. The van der Waals surface area contributed by atoms with Gasteiger partial charge in [0.2, 0.25) is 0 Å². The topological polar surface area (TPSA) is 43.1 Å². The average molecular weight is 257 g/mol. The Morgan fingerprint density at radius 3 is 2.00 bits per heavy atom. The van der Waals surface area contributed by atoms with E-state index in [1.54, 1.807) is 0 Å². The third-order valence-electron chi connectivity index (χ3n) is 3.49. The molecular formula is C13H14F3NO. The van der Waals surface area contributed by atoms with Crippen molar-refractivity contribution in [2.24, 2.45) is 5.73 Å². The van der Waals surface area contributed by atoms with Crippen molar-refractivity contribution in [3.05, 3.63) is 35.4 Å². The summed E-state index contributed by atoms with van der Waals surface area (Å²) in [6.07, 6.45) is -2.54. The van der Waals surface area contributed by atoms with Crippen LogP contribution in [0.1, 0.15) is 36.8 Å². The van der Waals surface area contributed by atoms with Gasteiger partial charge in [0, 0.05) is 18.4 Å². The van der Waals surface area contributed by atoms with Gasteiger partial charge in [-0.3, -0.25) is 4.79 Å². The molecule has 0 atom stereocenters. The van der Waals surface area contributed by atoms with E-state index in [4.69, 9.17) is 5.73 Å². The van der Waals surface area contributed by atoms with Crippen molar-refractivity contribution in [2.45, 2.75) is 37.4 Å². The Labute approximate surface area is 103 Å². The number of hydrogen-bond donors (Lipinski definition) is 1. The monoisotopic (exact) mass is 257 g/mol. The molecule has 18 heavy (non-hydrogen) atoms. The molecule has 0 spiro atoms. The Kier molecular flexibility index (Phi) is 3.19. The Bertz CT molecular complexity index is 440. The standard InChI is InChI=1S/C13H14F3NO/c14-13(15,16)10-3-1-9(2-4-10)12(17)7-5-11(18)6-8-12/h1-4H,5-8,17H2. The first-order valence-electron chi connectivity index (χ1n) is 5.80. The molecule has 1 aliphatic rings. The van der Waals surface area contributed by atoms with Crippen LogP contribution in [0.4, 0.5) is 13.2 Å². The quantitative estimate of drug-likeness (QED) is 0.840. The molecule has 0 saturated heterocycles. The fourth-order valence-electron chi connectivity index (χ4n) is 2.25. The van der Waals surface area contributed by atoms with Crippen LogP contribution in [-0.4, -0.2) is 5.78 Å². The van der Waals surface area contributed by atoms with Gasteiger partial charge >= 0.3 is 6.18 Å². The molecule has 2 rings (SSSR count). The summed E-state index contributed by atoms with van der Waals surface area (Å²) in [5, 5.41) is 0. The Balaban J connectivity index is 2.22. The molecule has 0 radical (unpaired) electrons. The van der Waals surface area contributed by atoms with Crippen LogP contribution in [0.25, 0.3) is 0 Å². The number of hydrogen-bond acceptors (Lipinski definition) is 2. The van der Waals surface area contributed by atoms with E-state index in [-0.39, 0.29) is 5.78 Å². The molecule has 0 aromatic heterocycles. The molecule has 1 fully saturated rings. The molecule has 0 amide bonds. The number of carbonyl (C=O) groups is 1. The van der Waals surface area contributed by atoms with Gasteiger partial charge in [-0.05, 0) is 30.5 Å². The van der Waals surface area contributed by atoms with E-state index in [0.29, 0.717) is 31.2 Å². The lowest BCUT2D eigenvalue weighted by Crippen LogP contribution is -2.40. The van der Waals surface area contributed by atoms with Crippen molar-refractivity contribution in [3.8, 4) is 0 Å². The van der Waals surface area contributed by atoms with Crippen LogP contribution in [0.3, 0.4) is 0 Å². The summed E-state index contributed by atoms with van der Waals surface area (Å²) >= 11 is 0. The summed E-state index contributed by atoms with van der Waals surface area (Å²) in [6.45, 7) is 0. The van der Waals surface area contributed by atoms with E-state index in [9.17, 15) is 18.0 Å². The number of halogens is 3. The number of nitrogens with two attached hydrogens (primary N) is 1. The highest BCUT2D eigenvalue weighted by Gasteiger charge is 2.34. The lowest BCUT2D eigenvalue weighted by molar-refractivity contribution is -0.137. The van der Waals surface area contributed by atoms with Crippen LogP contribution in [0.2, 0.25) is 0 Å². The molecule has 0 aliphatic heterocycles. The van der Waals surface area contributed by atoms with Crippen LogP contribution in [0.5, 0.6) is 0 Å². The van der Waals surface area contributed by atoms with E-state index >= 15 is 0 Å². The smallest absolute Gasteiger partial charge is 0.321 e. The molecule has 98 valence electrons. The number of ketones is 1. The van der Waals surface area contributed by atoms with Crippen molar-refractivity contribution in [3.63, 3.8) is 0 Å². The largest absolute Gasteiger partial charge is 0.416 e. The molecule has 0 bridgehead atoms. The molecule has 5 heteroatoms. The third-order valence-corrected chi connectivity index (χ3v) is 3.49. The minimum atomic E-state index is -4.33. The van der Waals surface area contributed by atoms with Crippen LogP contribution >= 0.6 is 0 Å². The fraction of sp³-hybridized carbons (Fsp3) is 0.462. The fourth-order valence-corrected chi connectivity index (χ4v) is 2.25. The van der Waals surface area contributed by atoms with Crippen molar-refractivity contribution in [1.82, 2.24) is 0 Å². The van der Waals surface area contributed by atoms with Gasteiger partial charge < -0.3 is 5.73 Å². The van der Waals surface area contributed by atoms with Crippen molar-refractivity contribution < 1.29 is 18.0 Å². The number of benzene rings is 1. The minimum absolute atomic E-state index is 0.169. The van der Waals surface area contributed by atoms with Crippen molar-refractivity contribution in [1.29, 1.82) is 0 Å². The van der Waals surface area contributed by atoms with E-state index in [2.05, 4.69) is 0 Å². The highest BCUT2D eigenvalue weighted by molar-refractivity contribution is 5.79. The van der Waals surface area contributed by atoms with Crippen molar-refractivity contribution >= 4 is 5.78 Å². The molecule has 1 aromatic rings. The number of Topliss-reactive ketones (excluding diaryl/α,β-unsaturated/α-hetero) is 1. The Hall–Kier alpha value is -1.36. The van der Waals surface area contributed by atoms with Gasteiger partial charge in [0.15, 0.2) is 0 Å². The van der Waals surface area contributed by atoms with E-state index in [0.717, 1.165) is 12.1 Å². The number of carbonyl (C=O) groups excluding carboxylic acids is 1. The second-order valence-electron chi connectivity index (χ2n) is 4.77. The Morgan fingerprint density at radius 1 is 1.06 bits per heavy atom. The predicted molar refractivity (Wildman–Crippen MR) is 60.8 cm³/mol. The third kappa shape index (κ3) is 2.56. The number of alkyl halides is 3. The molecule has 0 unspecified atom stereocenters.